The third-order valence-corrected chi connectivity index (χ3v) is 5.51. The van der Waals surface area contributed by atoms with E-state index in [1.165, 1.54) is 36.4 Å². The van der Waals surface area contributed by atoms with Crippen LogP contribution in [0.15, 0.2) is 54.6 Å². The SMILES string of the molecule is O=C(OCc1cc([N+](=O)[O-])cc2c1OCOC2)c1cccc2c1C(=O)c1ccccc1C2=O. The first-order chi connectivity index (χ1) is 16.0. The van der Waals surface area contributed by atoms with Crippen molar-refractivity contribution >= 4 is 23.2 Å². The summed E-state index contributed by atoms with van der Waals surface area (Å²) in [6, 6.07) is 13.4. The Morgan fingerprint density at radius 2 is 1.73 bits per heavy atom. The summed E-state index contributed by atoms with van der Waals surface area (Å²) in [6.07, 6.45) is 0. The second-order valence-electron chi connectivity index (χ2n) is 7.47. The highest BCUT2D eigenvalue weighted by molar-refractivity contribution is 6.30. The number of fused-ring (bicyclic) bond motifs is 3. The van der Waals surface area contributed by atoms with Crippen LogP contribution in [-0.2, 0) is 22.7 Å². The van der Waals surface area contributed by atoms with E-state index >= 15 is 0 Å². The Hall–Kier alpha value is -4.37. The van der Waals surface area contributed by atoms with Crippen molar-refractivity contribution in [2.45, 2.75) is 13.2 Å². The number of carbonyl (C=O) groups excluding carboxylic acids is 3. The fourth-order valence-corrected chi connectivity index (χ4v) is 4.03. The van der Waals surface area contributed by atoms with Gasteiger partial charge < -0.3 is 14.2 Å². The Balaban J connectivity index is 1.47. The predicted molar refractivity (Wildman–Crippen MR) is 112 cm³/mol. The van der Waals surface area contributed by atoms with Gasteiger partial charge in [-0.1, -0.05) is 36.4 Å². The molecular weight excluding hydrogens is 430 g/mol. The fraction of sp³-hybridized carbons (Fsp3) is 0.125. The van der Waals surface area contributed by atoms with E-state index < -0.39 is 16.7 Å². The molecule has 0 atom stereocenters. The molecule has 1 aliphatic carbocycles. The molecule has 2 aliphatic rings. The van der Waals surface area contributed by atoms with Gasteiger partial charge in [0.05, 0.1) is 17.1 Å². The standard InChI is InChI=1S/C24H15NO8/c26-21-16-4-1-2-5-17(16)22(27)20-18(21)6-3-7-19(20)24(28)32-11-14-9-15(25(29)30)8-13-10-31-12-33-23(13)14/h1-9H,10-12H2. The lowest BCUT2D eigenvalue weighted by Gasteiger charge is -2.21. The van der Waals surface area contributed by atoms with Gasteiger partial charge in [-0.25, -0.2) is 4.79 Å². The normalized spacial score (nSPS) is 13.9. The monoisotopic (exact) mass is 445 g/mol. The van der Waals surface area contributed by atoms with Gasteiger partial charge in [0.2, 0.25) is 0 Å². The van der Waals surface area contributed by atoms with Crippen molar-refractivity contribution in [3.63, 3.8) is 0 Å². The van der Waals surface area contributed by atoms with Crippen LogP contribution in [0.4, 0.5) is 5.69 Å². The highest BCUT2D eigenvalue weighted by Crippen LogP contribution is 2.34. The number of ether oxygens (including phenoxy) is 3. The van der Waals surface area contributed by atoms with E-state index in [2.05, 4.69) is 0 Å². The largest absolute Gasteiger partial charge is 0.467 e. The summed E-state index contributed by atoms with van der Waals surface area (Å²) < 4.78 is 16.0. The van der Waals surface area contributed by atoms with Crippen LogP contribution in [0.25, 0.3) is 0 Å². The van der Waals surface area contributed by atoms with Crippen molar-refractivity contribution in [3.8, 4) is 5.75 Å². The highest BCUT2D eigenvalue weighted by Gasteiger charge is 2.33. The number of nitro benzene ring substituents is 1. The van der Waals surface area contributed by atoms with Gasteiger partial charge >= 0.3 is 5.97 Å². The molecule has 3 aromatic carbocycles. The molecule has 0 saturated carbocycles. The first kappa shape index (κ1) is 20.5. The molecule has 0 saturated heterocycles. The molecule has 164 valence electrons. The van der Waals surface area contributed by atoms with Crippen LogP contribution in [0.5, 0.6) is 5.75 Å². The second-order valence-corrected chi connectivity index (χ2v) is 7.47. The number of rotatable bonds is 4. The number of hydrogen-bond acceptors (Lipinski definition) is 8. The lowest BCUT2D eigenvalue weighted by atomic mass is 9.82. The third kappa shape index (κ3) is 3.44. The average molecular weight is 445 g/mol. The summed E-state index contributed by atoms with van der Waals surface area (Å²) in [7, 11) is 0. The Bertz CT molecular complexity index is 1360. The maximum Gasteiger partial charge on any atom is 0.339 e. The topological polar surface area (TPSA) is 122 Å². The van der Waals surface area contributed by atoms with Gasteiger partial charge in [-0.05, 0) is 6.07 Å². The fourth-order valence-electron chi connectivity index (χ4n) is 4.03. The molecule has 33 heavy (non-hydrogen) atoms. The number of esters is 1. The van der Waals surface area contributed by atoms with E-state index in [1.54, 1.807) is 18.2 Å². The molecule has 1 aliphatic heterocycles. The number of non-ortho nitro benzene ring substituents is 1. The lowest BCUT2D eigenvalue weighted by Crippen LogP contribution is -2.24. The highest BCUT2D eigenvalue weighted by atomic mass is 16.7. The van der Waals surface area contributed by atoms with E-state index in [0.717, 1.165) is 0 Å². The second kappa shape index (κ2) is 7.95. The average Bonchev–Trinajstić information content (AvgIpc) is 2.85. The Kier molecular flexibility index (Phi) is 4.95. The smallest absolute Gasteiger partial charge is 0.339 e. The van der Waals surface area contributed by atoms with Crippen LogP contribution in [0.2, 0.25) is 0 Å². The molecule has 3 aromatic rings. The lowest BCUT2D eigenvalue weighted by molar-refractivity contribution is -0.385. The Morgan fingerprint density at radius 3 is 2.48 bits per heavy atom. The molecule has 0 amide bonds. The predicted octanol–water partition coefficient (Wildman–Crippen LogP) is 3.59. The van der Waals surface area contributed by atoms with E-state index in [4.69, 9.17) is 14.2 Å². The van der Waals surface area contributed by atoms with Crippen molar-refractivity contribution in [1.82, 2.24) is 0 Å². The molecule has 1 heterocycles. The van der Waals surface area contributed by atoms with Crippen molar-refractivity contribution in [2.24, 2.45) is 0 Å². The third-order valence-electron chi connectivity index (χ3n) is 5.51. The minimum absolute atomic E-state index is 0.0167. The summed E-state index contributed by atoms with van der Waals surface area (Å²) in [6.45, 7) is -0.237. The quantitative estimate of drug-likeness (QED) is 0.265. The van der Waals surface area contributed by atoms with Crippen LogP contribution in [0.3, 0.4) is 0 Å². The Morgan fingerprint density at radius 1 is 1.00 bits per heavy atom. The van der Waals surface area contributed by atoms with Gasteiger partial charge in [0.1, 0.15) is 12.4 Å². The molecular formula is C24H15NO8. The summed E-state index contributed by atoms with van der Waals surface area (Å²) in [5, 5.41) is 11.3. The Labute approximate surface area is 186 Å². The molecule has 9 nitrogen and oxygen atoms in total. The minimum Gasteiger partial charge on any atom is -0.467 e. The van der Waals surface area contributed by atoms with Crippen LogP contribution in [0.1, 0.15) is 53.3 Å². The van der Waals surface area contributed by atoms with Crippen molar-refractivity contribution in [1.29, 1.82) is 0 Å². The first-order valence-electron chi connectivity index (χ1n) is 9.95. The van der Waals surface area contributed by atoms with Crippen LogP contribution >= 0.6 is 0 Å². The van der Waals surface area contributed by atoms with Gasteiger partial charge in [-0.15, -0.1) is 0 Å². The van der Waals surface area contributed by atoms with Gasteiger partial charge in [-0.3, -0.25) is 19.7 Å². The first-order valence-corrected chi connectivity index (χ1v) is 9.95. The molecule has 0 fully saturated rings. The zero-order chi connectivity index (χ0) is 23.1. The molecule has 5 rings (SSSR count). The van der Waals surface area contributed by atoms with Crippen molar-refractivity contribution in [2.75, 3.05) is 6.79 Å². The van der Waals surface area contributed by atoms with E-state index in [0.29, 0.717) is 16.9 Å². The van der Waals surface area contributed by atoms with Gasteiger partial charge in [0, 0.05) is 45.5 Å². The zero-order valence-electron chi connectivity index (χ0n) is 17.0. The summed E-state index contributed by atoms with van der Waals surface area (Å²) >= 11 is 0. The van der Waals surface area contributed by atoms with Gasteiger partial charge in [0.25, 0.3) is 5.69 Å². The maximum atomic E-state index is 13.1. The number of carbonyl (C=O) groups is 3. The summed E-state index contributed by atoms with van der Waals surface area (Å²) in [4.78, 5) is 49.6. The molecule has 0 bridgehead atoms. The number of ketones is 2. The summed E-state index contributed by atoms with van der Waals surface area (Å²) in [5.41, 5.74) is 1.13. The molecule has 9 heteroatoms. The number of nitro groups is 1. The molecule has 0 aromatic heterocycles. The molecule has 0 radical (unpaired) electrons. The van der Waals surface area contributed by atoms with Crippen molar-refractivity contribution in [3.05, 3.63) is 104 Å². The summed E-state index contributed by atoms with van der Waals surface area (Å²) in [5.74, 6) is -1.27. The molecule has 0 unspecified atom stereocenters. The van der Waals surface area contributed by atoms with E-state index in [-0.39, 0.29) is 59.3 Å². The molecule has 0 N–H and O–H groups in total. The van der Waals surface area contributed by atoms with Crippen LogP contribution in [-0.4, -0.2) is 29.3 Å². The molecule has 0 spiro atoms. The van der Waals surface area contributed by atoms with Gasteiger partial charge in [-0.2, -0.15) is 0 Å². The zero-order valence-corrected chi connectivity index (χ0v) is 17.0. The number of hydrogen-bond donors (Lipinski definition) is 0. The maximum absolute atomic E-state index is 13.1. The van der Waals surface area contributed by atoms with Crippen molar-refractivity contribution < 1.29 is 33.5 Å². The van der Waals surface area contributed by atoms with Crippen LogP contribution in [0, 0.1) is 10.1 Å². The minimum atomic E-state index is -0.834. The van der Waals surface area contributed by atoms with Crippen LogP contribution < -0.4 is 4.74 Å². The van der Waals surface area contributed by atoms with E-state index in [1.807, 2.05) is 0 Å². The number of benzene rings is 3. The number of nitrogens with zero attached hydrogens (tertiary/aromatic N) is 1. The van der Waals surface area contributed by atoms with Gasteiger partial charge in [0.15, 0.2) is 18.4 Å². The van der Waals surface area contributed by atoms with E-state index in [9.17, 15) is 24.5 Å².